The number of nitrogens with one attached hydrogen (secondary N) is 2. The third kappa shape index (κ3) is 6.09. The van der Waals surface area contributed by atoms with Gasteiger partial charge in [-0.3, -0.25) is 0 Å². The first-order valence-electron chi connectivity index (χ1n) is 10.4. The quantitative estimate of drug-likeness (QED) is 0.578. The number of anilines is 1. The van der Waals surface area contributed by atoms with E-state index >= 15 is 0 Å². The van der Waals surface area contributed by atoms with E-state index in [1.807, 2.05) is 36.4 Å². The van der Waals surface area contributed by atoms with Gasteiger partial charge < -0.3 is 20.1 Å². The molecule has 0 bridgehead atoms. The van der Waals surface area contributed by atoms with Crippen LogP contribution >= 0.6 is 0 Å². The number of carbonyl (C=O) groups excluding carboxylic acids is 1. The molecule has 0 saturated carbocycles. The summed E-state index contributed by atoms with van der Waals surface area (Å²) in [6.07, 6.45) is 8.26. The second-order valence-electron chi connectivity index (χ2n) is 7.34. The van der Waals surface area contributed by atoms with Crippen LogP contribution in [0.25, 0.3) is 5.82 Å². The summed E-state index contributed by atoms with van der Waals surface area (Å²) in [5.74, 6) is 0.626. The third-order valence-corrected chi connectivity index (χ3v) is 4.97. The van der Waals surface area contributed by atoms with Crippen molar-refractivity contribution >= 4 is 11.7 Å². The Morgan fingerprint density at radius 1 is 1.26 bits per heavy atom. The molecule has 0 unspecified atom stereocenters. The van der Waals surface area contributed by atoms with Crippen molar-refractivity contribution in [1.82, 2.24) is 25.1 Å². The van der Waals surface area contributed by atoms with Crippen LogP contribution in [-0.2, 0) is 22.6 Å². The molecule has 0 spiro atoms. The largest absolute Gasteiger partial charge is 0.376 e. The zero-order valence-electron chi connectivity index (χ0n) is 17.2. The van der Waals surface area contributed by atoms with E-state index in [4.69, 9.17) is 9.47 Å². The molecule has 0 radical (unpaired) electrons. The highest BCUT2D eigenvalue weighted by atomic mass is 16.5. The minimum Gasteiger partial charge on any atom is -0.376 e. The molecule has 2 aromatic heterocycles. The van der Waals surface area contributed by atoms with Gasteiger partial charge >= 0.3 is 6.03 Å². The van der Waals surface area contributed by atoms with Crippen LogP contribution < -0.4 is 10.6 Å². The maximum absolute atomic E-state index is 12.4. The molecule has 1 aromatic carbocycles. The number of rotatable bonds is 8. The van der Waals surface area contributed by atoms with Crippen molar-refractivity contribution in [2.75, 3.05) is 18.5 Å². The van der Waals surface area contributed by atoms with Crippen molar-refractivity contribution in [1.29, 1.82) is 0 Å². The second kappa shape index (κ2) is 10.6. The molecule has 1 aliphatic rings. The zero-order chi connectivity index (χ0) is 21.3. The van der Waals surface area contributed by atoms with Crippen LogP contribution in [0.4, 0.5) is 10.5 Å². The molecule has 1 fully saturated rings. The van der Waals surface area contributed by atoms with E-state index < -0.39 is 0 Å². The van der Waals surface area contributed by atoms with E-state index in [0.29, 0.717) is 31.3 Å². The number of urea groups is 1. The van der Waals surface area contributed by atoms with Crippen molar-refractivity contribution in [2.24, 2.45) is 0 Å². The molecule has 9 nitrogen and oxygen atoms in total. The summed E-state index contributed by atoms with van der Waals surface area (Å²) in [6.45, 7) is 2.20. The fourth-order valence-corrected chi connectivity index (χ4v) is 3.43. The van der Waals surface area contributed by atoms with Gasteiger partial charge in [-0.15, -0.1) is 0 Å². The van der Waals surface area contributed by atoms with Crippen molar-refractivity contribution in [3.05, 3.63) is 66.4 Å². The highest BCUT2D eigenvalue weighted by molar-refractivity contribution is 5.89. The number of ether oxygens (including phenoxy) is 2. The third-order valence-electron chi connectivity index (χ3n) is 4.97. The average molecular weight is 422 g/mol. The summed E-state index contributed by atoms with van der Waals surface area (Å²) in [5.41, 5.74) is 2.53. The maximum atomic E-state index is 12.4. The van der Waals surface area contributed by atoms with Gasteiger partial charge in [-0.25, -0.2) is 19.4 Å². The maximum Gasteiger partial charge on any atom is 0.319 e. The lowest BCUT2D eigenvalue weighted by molar-refractivity contribution is -0.0447. The Balaban J connectivity index is 1.27. The number of amides is 2. The summed E-state index contributed by atoms with van der Waals surface area (Å²) in [6, 6.07) is 11.0. The van der Waals surface area contributed by atoms with Gasteiger partial charge in [-0.1, -0.05) is 18.2 Å². The Labute approximate surface area is 180 Å². The van der Waals surface area contributed by atoms with E-state index in [-0.39, 0.29) is 12.1 Å². The van der Waals surface area contributed by atoms with Crippen molar-refractivity contribution in [3.8, 4) is 5.82 Å². The van der Waals surface area contributed by atoms with Crippen LogP contribution in [0.3, 0.4) is 0 Å². The van der Waals surface area contributed by atoms with Gasteiger partial charge in [-0.05, 0) is 43.0 Å². The van der Waals surface area contributed by atoms with Gasteiger partial charge in [0.05, 0.1) is 19.3 Å². The molecule has 0 aliphatic carbocycles. The Hall–Kier alpha value is -3.30. The Morgan fingerprint density at radius 3 is 3.06 bits per heavy atom. The highest BCUT2D eigenvalue weighted by Crippen LogP contribution is 2.15. The Kier molecular flexibility index (Phi) is 7.20. The van der Waals surface area contributed by atoms with Crippen molar-refractivity contribution < 1.29 is 14.3 Å². The average Bonchev–Trinajstić information content (AvgIpc) is 3.34. The predicted molar refractivity (Wildman–Crippen MR) is 115 cm³/mol. The highest BCUT2D eigenvalue weighted by Gasteiger charge is 2.14. The molecule has 9 heteroatoms. The number of pyridine rings is 1. The van der Waals surface area contributed by atoms with Gasteiger partial charge in [0, 0.05) is 30.6 Å². The van der Waals surface area contributed by atoms with Crippen molar-refractivity contribution in [3.63, 3.8) is 0 Å². The van der Waals surface area contributed by atoms with E-state index in [0.717, 1.165) is 30.6 Å². The van der Waals surface area contributed by atoms with Gasteiger partial charge in [0.1, 0.15) is 12.7 Å². The fourth-order valence-electron chi connectivity index (χ4n) is 3.43. The Bertz CT molecular complexity index is 973. The number of hydrogen-bond acceptors (Lipinski definition) is 6. The van der Waals surface area contributed by atoms with Gasteiger partial charge in [-0.2, -0.15) is 5.10 Å². The molecule has 31 heavy (non-hydrogen) atoms. The van der Waals surface area contributed by atoms with Crippen molar-refractivity contribution in [2.45, 2.75) is 38.5 Å². The number of carbonyl (C=O) groups is 1. The smallest absolute Gasteiger partial charge is 0.319 e. The number of benzene rings is 1. The topological polar surface area (TPSA) is 103 Å². The normalized spacial score (nSPS) is 16.1. The summed E-state index contributed by atoms with van der Waals surface area (Å²) < 4.78 is 13.0. The molecule has 4 rings (SSSR count). The van der Waals surface area contributed by atoms with E-state index in [1.165, 1.54) is 12.7 Å². The lowest BCUT2D eigenvalue weighted by Crippen LogP contribution is -2.28. The molecule has 3 aromatic rings. The number of nitrogens with zero attached hydrogens (tertiary/aromatic N) is 4. The summed E-state index contributed by atoms with van der Waals surface area (Å²) >= 11 is 0. The van der Waals surface area contributed by atoms with Crippen LogP contribution in [0.5, 0.6) is 0 Å². The van der Waals surface area contributed by atoms with E-state index in [1.54, 1.807) is 17.2 Å². The SMILES string of the molecule is O=C(NCc1cccnc1-n1cncn1)Nc1cccc(COC[C@@H]2CCCCO2)c1. The minimum atomic E-state index is -0.304. The zero-order valence-corrected chi connectivity index (χ0v) is 17.2. The molecular weight excluding hydrogens is 396 g/mol. The monoisotopic (exact) mass is 422 g/mol. The van der Waals surface area contributed by atoms with Crippen LogP contribution in [0.1, 0.15) is 30.4 Å². The standard InChI is InChI=1S/C22H26N6O3/c29-22(25-12-18-6-4-9-24-21(18)28-16-23-15-26-28)27-19-7-3-5-17(11-19)13-30-14-20-8-1-2-10-31-20/h3-7,9,11,15-16,20H,1-2,8,10,12-14H2,(H2,25,27,29)/t20-/m0/s1. The first-order valence-corrected chi connectivity index (χ1v) is 10.4. The van der Waals surface area contributed by atoms with Crippen LogP contribution in [0.15, 0.2) is 55.2 Å². The number of aromatic nitrogens is 4. The van der Waals surface area contributed by atoms with Crippen LogP contribution in [0.2, 0.25) is 0 Å². The molecule has 1 saturated heterocycles. The molecule has 162 valence electrons. The summed E-state index contributed by atoms with van der Waals surface area (Å²) in [7, 11) is 0. The summed E-state index contributed by atoms with van der Waals surface area (Å²) in [4.78, 5) is 20.7. The molecule has 1 atom stereocenters. The molecular formula is C22H26N6O3. The molecule has 2 N–H and O–H groups in total. The summed E-state index contributed by atoms with van der Waals surface area (Å²) in [5, 5.41) is 9.82. The van der Waals surface area contributed by atoms with Gasteiger partial charge in [0.2, 0.25) is 0 Å². The second-order valence-corrected chi connectivity index (χ2v) is 7.34. The lowest BCUT2D eigenvalue weighted by Gasteiger charge is -2.22. The Morgan fingerprint density at radius 2 is 2.23 bits per heavy atom. The lowest BCUT2D eigenvalue weighted by atomic mass is 10.1. The fraction of sp³-hybridized carbons (Fsp3) is 0.364. The molecule has 2 amide bonds. The van der Waals surface area contributed by atoms with Crippen LogP contribution in [-0.4, -0.2) is 45.1 Å². The first-order chi connectivity index (χ1) is 15.3. The van der Waals surface area contributed by atoms with E-state index in [2.05, 4.69) is 25.7 Å². The van der Waals surface area contributed by atoms with E-state index in [9.17, 15) is 4.79 Å². The predicted octanol–water partition coefficient (Wildman–Crippen LogP) is 3.07. The molecule has 1 aliphatic heterocycles. The minimum absolute atomic E-state index is 0.190. The number of hydrogen-bond donors (Lipinski definition) is 2. The van der Waals surface area contributed by atoms with Crippen LogP contribution in [0, 0.1) is 0 Å². The van der Waals surface area contributed by atoms with Gasteiger partial charge in [0.15, 0.2) is 5.82 Å². The molecule has 3 heterocycles. The first kappa shape index (κ1) is 21.0. The van der Waals surface area contributed by atoms with Gasteiger partial charge in [0.25, 0.3) is 0 Å².